The average Bonchev–Trinajstić information content (AvgIpc) is 3.15. The highest BCUT2D eigenvalue weighted by Crippen LogP contribution is 2.30. The third kappa shape index (κ3) is 6.40. The molecule has 1 aromatic carbocycles. The van der Waals surface area contributed by atoms with Gasteiger partial charge in [0.1, 0.15) is 0 Å². The highest BCUT2D eigenvalue weighted by molar-refractivity contribution is 6.38. The summed E-state index contributed by atoms with van der Waals surface area (Å²) in [6, 6.07) is 2.94. The van der Waals surface area contributed by atoms with Crippen molar-refractivity contribution in [3.8, 4) is 0 Å². The van der Waals surface area contributed by atoms with E-state index < -0.39 is 5.91 Å². The van der Waals surface area contributed by atoms with Crippen LogP contribution in [-0.4, -0.2) is 30.8 Å². The van der Waals surface area contributed by atoms with E-state index in [-0.39, 0.29) is 40.6 Å². The Morgan fingerprint density at radius 2 is 1.74 bits per heavy atom. The van der Waals surface area contributed by atoms with Gasteiger partial charge in [0.2, 0.25) is 11.8 Å². The fourth-order valence-corrected chi connectivity index (χ4v) is 3.64. The first-order chi connectivity index (χ1) is 12.9. The largest absolute Gasteiger partial charge is 0.354 e. The van der Waals surface area contributed by atoms with Gasteiger partial charge in [-0.3, -0.25) is 14.4 Å². The van der Waals surface area contributed by atoms with Crippen molar-refractivity contribution in [2.45, 2.75) is 45.4 Å². The number of carbonyl (C=O) groups excluding carboxylic acids is 3. The molecule has 1 aliphatic carbocycles. The molecule has 0 aromatic heterocycles. The molecule has 6 nitrogen and oxygen atoms in total. The lowest BCUT2D eigenvalue weighted by Crippen LogP contribution is -2.37. The summed E-state index contributed by atoms with van der Waals surface area (Å²) in [7, 11) is 0. The summed E-state index contributed by atoms with van der Waals surface area (Å²) in [6.45, 7) is 2.49. The molecule has 0 radical (unpaired) electrons. The van der Waals surface area contributed by atoms with Gasteiger partial charge in [-0.2, -0.15) is 0 Å². The molecule has 1 saturated carbocycles. The van der Waals surface area contributed by atoms with Crippen molar-refractivity contribution in [1.82, 2.24) is 10.6 Å². The molecule has 0 aliphatic heterocycles. The van der Waals surface area contributed by atoms with Crippen LogP contribution in [0.3, 0.4) is 0 Å². The van der Waals surface area contributed by atoms with Gasteiger partial charge in [-0.15, -0.1) is 0 Å². The number of carbonyl (C=O) groups is 3. The third-order valence-electron chi connectivity index (χ3n) is 4.48. The summed E-state index contributed by atoms with van der Waals surface area (Å²) in [5.41, 5.74) is 0.436. The van der Waals surface area contributed by atoms with Crippen molar-refractivity contribution >= 4 is 46.6 Å². The van der Waals surface area contributed by atoms with E-state index in [9.17, 15) is 14.4 Å². The number of hydrogen-bond acceptors (Lipinski definition) is 3. The van der Waals surface area contributed by atoms with E-state index in [1.165, 1.54) is 12.1 Å². The first kappa shape index (κ1) is 21.5. The van der Waals surface area contributed by atoms with Crippen LogP contribution >= 0.6 is 23.2 Å². The standard InChI is InChI=1S/C19H25Cl2N3O3/c1-2-5-16(25)24-17-14(10-13(20)11-15(17)21)19(27)23-9-8-22-18(26)12-6-3-4-7-12/h10-12H,2-9H2,1H3,(H,22,26)(H,23,27)(H,24,25). The lowest BCUT2D eigenvalue weighted by Gasteiger charge is -2.14. The van der Waals surface area contributed by atoms with Gasteiger partial charge in [0, 0.05) is 30.5 Å². The number of benzene rings is 1. The van der Waals surface area contributed by atoms with Crippen LogP contribution < -0.4 is 16.0 Å². The molecule has 0 unspecified atom stereocenters. The summed E-state index contributed by atoms with van der Waals surface area (Å²) in [5, 5.41) is 8.74. The topological polar surface area (TPSA) is 87.3 Å². The van der Waals surface area contributed by atoms with E-state index in [1.54, 1.807) is 0 Å². The molecular weight excluding hydrogens is 389 g/mol. The van der Waals surface area contributed by atoms with Crippen LogP contribution in [0.1, 0.15) is 55.8 Å². The van der Waals surface area contributed by atoms with Gasteiger partial charge in [0.25, 0.3) is 5.91 Å². The summed E-state index contributed by atoms with van der Waals surface area (Å²) in [4.78, 5) is 36.4. The van der Waals surface area contributed by atoms with Crippen LogP contribution in [0.4, 0.5) is 5.69 Å². The minimum absolute atomic E-state index is 0.0417. The Hall–Kier alpha value is -1.79. The highest BCUT2D eigenvalue weighted by atomic mass is 35.5. The van der Waals surface area contributed by atoms with Gasteiger partial charge < -0.3 is 16.0 Å². The van der Waals surface area contributed by atoms with Crippen LogP contribution in [0.2, 0.25) is 10.0 Å². The van der Waals surface area contributed by atoms with Crippen molar-refractivity contribution in [2.24, 2.45) is 5.92 Å². The van der Waals surface area contributed by atoms with Crippen LogP contribution in [0, 0.1) is 5.92 Å². The third-order valence-corrected chi connectivity index (χ3v) is 4.99. The Morgan fingerprint density at radius 1 is 1.07 bits per heavy atom. The second-order valence-corrected chi connectivity index (χ2v) is 7.48. The molecule has 0 heterocycles. The summed E-state index contributed by atoms with van der Waals surface area (Å²) in [5.74, 6) is -0.506. The second kappa shape index (κ2) is 10.5. The van der Waals surface area contributed by atoms with Crippen molar-refractivity contribution in [3.63, 3.8) is 0 Å². The lowest BCUT2D eigenvalue weighted by molar-refractivity contribution is -0.124. The summed E-state index contributed by atoms with van der Waals surface area (Å²) in [6.07, 6.45) is 5.06. The van der Waals surface area contributed by atoms with Gasteiger partial charge in [-0.05, 0) is 31.4 Å². The van der Waals surface area contributed by atoms with E-state index in [4.69, 9.17) is 23.2 Å². The molecule has 1 aromatic rings. The second-order valence-electron chi connectivity index (χ2n) is 6.64. The van der Waals surface area contributed by atoms with Crippen molar-refractivity contribution in [1.29, 1.82) is 0 Å². The predicted octanol–water partition coefficient (Wildman–Crippen LogP) is 3.77. The maximum absolute atomic E-state index is 12.5. The molecular formula is C19H25Cl2N3O3. The zero-order chi connectivity index (χ0) is 19.8. The van der Waals surface area contributed by atoms with Crippen molar-refractivity contribution in [3.05, 3.63) is 27.7 Å². The summed E-state index contributed by atoms with van der Waals surface area (Å²) < 4.78 is 0. The molecule has 0 atom stereocenters. The molecule has 0 spiro atoms. The van der Waals surface area contributed by atoms with Gasteiger partial charge in [-0.25, -0.2) is 0 Å². The van der Waals surface area contributed by atoms with Crippen LogP contribution in [0.15, 0.2) is 12.1 Å². The fourth-order valence-electron chi connectivity index (χ4n) is 3.10. The van der Waals surface area contributed by atoms with Gasteiger partial charge in [0.05, 0.1) is 16.3 Å². The van der Waals surface area contributed by atoms with E-state index in [0.29, 0.717) is 24.4 Å². The van der Waals surface area contributed by atoms with Gasteiger partial charge >= 0.3 is 0 Å². The highest BCUT2D eigenvalue weighted by Gasteiger charge is 2.22. The zero-order valence-corrected chi connectivity index (χ0v) is 16.9. The normalized spacial score (nSPS) is 14.0. The Kier molecular flexibility index (Phi) is 8.38. The molecule has 0 saturated heterocycles. The van der Waals surface area contributed by atoms with Crippen LogP contribution in [-0.2, 0) is 9.59 Å². The first-order valence-electron chi connectivity index (χ1n) is 9.27. The van der Waals surface area contributed by atoms with Crippen molar-refractivity contribution in [2.75, 3.05) is 18.4 Å². The molecule has 27 heavy (non-hydrogen) atoms. The average molecular weight is 414 g/mol. The fraction of sp³-hybridized carbons (Fsp3) is 0.526. The SMILES string of the molecule is CCCC(=O)Nc1c(Cl)cc(Cl)cc1C(=O)NCCNC(=O)C1CCCC1. The number of hydrogen-bond donors (Lipinski definition) is 3. The van der Waals surface area contributed by atoms with Gasteiger partial charge in [-0.1, -0.05) is 43.0 Å². The molecule has 148 valence electrons. The quantitative estimate of drug-likeness (QED) is 0.566. The number of halogens is 2. The molecule has 1 fully saturated rings. The van der Waals surface area contributed by atoms with Gasteiger partial charge in [0.15, 0.2) is 0 Å². The predicted molar refractivity (Wildman–Crippen MR) is 107 cm³/mol. The Labute approximate surface area is 169 Å². The van der Waals surface area contributed by atoms with Crippen LogP contribution in [0.25, 0.3) is 0 Å². The maximum atomic E-state index is 12.5. The summed E-state index contributed by atoms with van der Waals surface area (Å²) >= 11 is 12.2. The Morgan fingerprint density at radius 3 is 2.41 bits per heavy atom. The first-order valence-corrected chi connectivity index (χ1v) is 10.0. The van der Waals surface area contributed by atoms with Crippen LogP contribution in [0.5, 0.6) is 0 Å². The van der Waals surface area contributed by atoms with E-state index in [1.807, 2.05) is 6.92 Å². The number of nitrogens with one attached hydrogen (secondary N) is 3. The molecule has 8 heteroatoms. The lowest BCUT2D eigenvalue weighted by atomic mass is 10.1. The minimum atomic E-state index is -0.415. The number of anilines is 1. The molecule has 1 aliphatic rings. The van der Waals surface area contributed by atoms with E-state index in [2.05, 4.69) is 16.0 Å². The molecule has 3 N–H and O–H groups in total. The molecule has 3 amide bonds. The molecule has 2 rings (SSSR count). The van der Waals surface area contributed by atoms with Crippen molar-refractivity contribution < 1.29 is 14.4 Å². The maximum Gasteiger partial charge on any atom is 0.253 e. The zero-order valence-electron chi connectivity index (χ0n) is 15.4. The Bertz CT molecular complexity index is 704. The number of amides is 3. The monoisotopic (exact) mass is 413 g/mol. The Balaban J connectivity index is 1.94. The van der Waals surface area contributed by atoms with E-state index >= 15 is 0 Å². The van der Waals surface area contributed by atoms with E-state index in [0.717, 1.165) is 25.7 Å². The number of rotatable bonds is 8. The molecule has 0 bridgehead atoms. The minimum Gasteiger partial charge on any atom is -0.354 e. The smallest absolute Gasteiger partial charge is 0.253 e.